The number of aromatic nitrogens is 3. The second-order valence-electron chi connectivity index (χ2n) is 8.12. The highest BCUT2D eigenvalue weighted by atomic mass is 16.4. The van der Waals surface area contributed by atoms with E-state index in [-0.39, 0.29) is 23.7 Å². The maximum atomic E-state index is 12.9. The molecule has 0 spiro atoms. The van der Waals surface area contributed by atoms with Crippen LogP contribution in [0.4, 0.5) is 0 Å². The number of pyridine rings is 1. The molecule has 8 nitrogen and oxygen atoms in total. The van der Waals surface area contributed by atoms with Crippen LogP contribution < -0.4 is 0 Å². The molecule has 2 aromatic heterocycles. The molecular formula is C22H23N5O3. The number of piperidine rings is 1. The van der Waals surface area contributed by atoms with E-state index < -0.39 is 0 Å². The largest absolute Gasteiger partial charge is 0.419 e. The predicted molar refractivity (Wildman–Crippen MR) is 109 cm³/mol. The summed E-state index contributed by atoms with van der Waals surface area (Å²) in [5.74, 6) is 0.761. The molecule has 1 aromatic carbocycles. The number of hydrogen-bond donors (Lipinski definition) is 0. The molecule has 8 heteroatoms. The van der Waals surface area contributed by atoms with Gasteiger partial charge in [-0.15, -0.1) is 10.2 Å². The molecule has 2 amide bonds. The standard InChI is InChI=1S/C22H23N5O3/c1-26-12-16(11-18(26)28)22(29)27-10-4-6-15(13-27)20-24-25-21(30-20)19-17-7-3-2-5-14(17)8-9-23-19/h2-3,5,7-9,15-16H,4,6,10-13H2,1H3. The monoisotopic (exact) mass is 405 g/mol. The fourth-order valence-electron chi connectivity index (χ4n) is 4.45. The third kappa shape index (κ3) is 3.32. The van der Waals surface area contributed by atoms with Crippen LogP contribution in [0.3, 0.4) is 0 Å². The van der Waals surface area contributed by atoms with E-state index in [0.29, 0.717) is 43.5 Å². The van der Waals surface area contributed by atoms with Crippen LogP contribution in [0.1, 0.15) is 31.1 Å². The van der Waals surface area contributed by atoms with Crippen molar-refractivity contribution in [2.75, 3.05) is 26.7 Å². The molecule has 0 bridgehead atoms. The van der Waals surface area contributed by atoms with Gasteiger partial charge >= 0.3 is 0 Å². The van der Waals surface area contributed by atoms with Crippen molar-refractivity contribution >= 4 is 22.6 Å². The van der Waals surface area contributed by atoms with Crippen LogP contribution in [0.5, 0.6) is 0 Å². The Labute approximate surface area is 173 Å². The summed E-state index contributed by atoms with van der Waals surface area (Å²) < 4.78 is 6.02. The Morgan fingerprint density at radius 1 is 1.17 bits per heavy atom. The lowest BCUT2D eigenvalue weighted by atomic mass is 9.96. The Bertz CT molecular complexity index is 1110. The molecule has 0 saturated carbocycles. The number of amides is 2. The quantitative estimate of drug-likeness (QED) is 0.665. The third-order valence-electron chi connectivity index (χ3n) is 6.09. The maximum absolute atomic E-state index is 12.9. The van der Waals surface area contributed by atoms with E-state index in [0.717, 1.165) is 23.6 Å². The minimum absolute atomic E-state index is 0.00578. The first-order valence-corrected chi connectivity index (χ1v) is 10.3. The Morgan fingerprint density at radius 3 is 2.87 bits per heavy atom. The number of nitrogens with zero attached hydrogens (tertiary/aromatic N) is 5. The lowest BCUT2D eigenvalue weighted by Crippen LogP contribution is -2.43. The van der Waals surface area contributed by atoms with Crippen LogP contribution in [0.25, 0.3) is 22.4 Å². The van der Waals surface area contributed by atoms with Crippen LogP contribution in [0.15, 0.2) is 40.9 Å². The van der Waals surface area contributed by atoms with Gasteiger partial charge in [0.2, 0.25) is 17.7 Å². The number of hydrogen-bond acceptors (Lipinski definition) is 6. The zero-order valence-corrected chi connectivity index (χ0v) is 16.8. The van der Waals surface area contributed by atoms with E-state index in [1.807, 2.05) is 35.2 Å². The Morgan fingerprint density at radius 2 is 2.03 bits per heavy atom. The molecule has 5 rings (SSSR count). The molecule has 3 aromatic rings. The average molecular weight is 405 g/mol. The van der Waals surface area contributed by atoms with Gasteiger partial charge in [-0.25, -0.2) is 0 Å². The number of fused-ring (bicyclic) bond motifs is 1. The summed E-state index contributed by atoms with van der Waals surface area (Å²) in [6, 6.07) is 9.90. The summed E-state index contributed by atoms with van der Waals surface area (Å²) in [5.41, 5.74) is 0.670. The third-order valence-corrected chi connectivity index (χ3v) is 6.09. The lowest BCUT2D eigenvalue weighted by molar-refractivity contribution is -0.137. The summed E-state index contributed by atoms with van der Waals surface area (Å²) in [5, 5.41) is 10.6. The van der Waals surface area contributed by atoms with Gasteiger partial charge in [-0.05, 0) is 24.3 Å². The number of likely N-dealkylation sites (tertiary alicyclic amines) is 2. The van der Waals surface area contributed by atoms with Crippen molar-refractivity contribution in [3.8, 4) is 11.6 Å². The van der Waals surface area contributed by atoms with E-state index in [2.05, 4.69) is 15.2 Å². The molecular weight excluding hydrogens is 382 g/mol. The van der Waals surface area contributed by atoms with Crippen LogP contribution >= 0.6 is 0 Å². The Hall–Kier alpha value is -3.29. The van der Waals surface area contributed by atoms with Gasteiger partial charge in [0.05, 0.1) is 11.8 Å². The molecule has 2 saturated heterocycles. The normalized spacial score (nSPS) is 22.1. The average Bonchev–Trinajstić information content (AvgIpc) is 3.40. The molecule has 154 valence electrons. The molecule has 4 heterocycles. The van der Waals surface area contributed by atoms with Crippen LogP contribution in [0.2, 0.25) is 0 Å². The maximum Gasteiger partial charge on any atom is 0.266 e. The van der Waals surface area contributed by atoms with E-state index in [1.165, 1.54) is 0 Å². The number of benzene rings is 1. The second-order valence-corrected chi connectivity index (χ2v) is 8.12. The summed E-state index contributed by atoms with van der Waals surface area (Å²) >= 11 is 0. The smallest absolute Gasteiger partial charge is 0.266 e. The van der Waals surface area contributed by atoms with E-state index in [9.17, 15) is 9.59 Å². The van der Waals surface area contributed by atoms with Gasteiger partial charge in [-0.2, -0.15) is 0 Å². The summed E-state index contributed by atoms with van der Waals surface area (Å²) in [4.78, 5) is 32.6. The zero-order chi connectivity index (χ0) is 20.7. The van der Waals surface area contributed by atoms with Crippen LogP contribution in [-0.2, 0) is 9.59 Å². The van der Waals surface area contributed by atoms with Gasteiger partial charge in [-0.3, -0.25) is 14.6 Å². The molecule has 2 fully saturated rings. The van der Waals surface area contributed by atoms with Crippen molar-refractivity contribution in [2.24, 2.45) is 5.92 Å². The first kappa shape index (κ1) is 18.7. The first-order valence-electron chi connectivity index (χ1n) is 10.3. The van der Waals surface area contributed by atoms with Crippen LogP contribution in [-0.4, -0.2) is 63.5 Å². The number of rotatable bonds is 3. The van der Waals surface area contributed by atoms with Crippen molar-refractivity contribution in [1.29, 1.82) is 0 Å². The fourth-order valence-corrected chi connectivity index (χ4v) is 4.45. The molecule has 0 aliphatic carbocycles. The van der Waals surface area contributed by atoms with Gasteiger partial charge < -0.3 is 14.2 Å². The van der Waals surface area contributed by atoms with Crippen molar-refractivity contribution in [1.82, 2.24) is 25.0 Å². The highest BCUT2D eigenvalue weighted by Gasteiger charge is 2.37. The summed E-state index contributed by atoms with van der Waals surface area (Å²) in [6.07, 6.45) is 3.80. The van der Waals surface area contributed by atoms with Crippen molar-refractivity contribution < 1.29 is 14.0 Å². The van der Waals surface area contributed by atoms with Gasteiger partial charge in [0, 0.05) is 44.7 Å². The lowest BCUT2D eigenvalue weighted by Gasteiger charge is -2.32. The van der Waals surface area contributed by atoms with E-state index in [4.69, 9.17) is 4.42 Å². The summed E-state index contributed by atoms with van der Waals surface area (Å²) in [6.45, 7) is 1.74. The number of carbonyl (C=O) groups is 2. The van der Waals surface area contributed by atoms with Crippen molar-refractivity contribution in [3.63, 3.8) is 0 Å². The van der Waals surface area contributed by atoms with Crippen LogP contribution in [0, 0.1) is 5.92 Å². The second kappa shape index (κ2) is 7.51. The fraction of sp³-hybridized carbons (Fsp3) is 0.409. The Kier molecular flexibility index (Phi) is 4.69. The topological polar surface area (TPSA) is 92.4 Å². The van der Waals surface area contributed by atoms with Gasteiger partial charge in [0.1, 0.15) is 5.69 Å². The summed E-state index contributed by atoms with van der Waals surface area (Å²) in [7, 11) is 1.75. The SMILES string of the molecule is CN1CC(C(=O)N2CCCC(c3nnc(-c4nccc5ccccc45)o3)C2)CC1=O. The molecule has 30 heavy (non-hydrogen) atoms. The van der Waals surface area contributed by atoms with E-state index in [1.54, 1.807) is 18.1 Å². The molecule has 2 aliphatic heterocycles. The van der Waals surface area contributed by atoms with E-state index >= 15 is 0 Å². The molecule has 0 radical (unpaired) electrons. The molecule has 2 unspecified atom stereocenters. The van der Waals surface area contributed by atoms with Gasteiger partial charge in [0.15, 0.2) is 0 Å². The van der Waals surface area contributed by atoms with Crippen molar-refractivity contribution in [2.45, 2.75) is 25.2 Å². The minimum Gasteiger partial charge on any atom is -0.419 e. The first-order chi connectivity index (χ1) is 14.6. The van der Waals surface area contributed by atoms with Gasteiger partial charge in [-0.1, -0.05) is 24.3 Å². The molecule has 2 aliphatic rings. The van der Waals surface area contributed by atoms with Crippen molar-refractivity contribution in [3.05, 3.63) is 42.4 Å². The Balaban J connectivity index is 1.35. The number of carbonyl (C=O) groups excluding carboxylic acids is 2. The molecule has 0 N–H and O–H groups in total. The minimum atomic E-state index is -0.251. The molecule has 2 atom stereocenters. The highest BCUT2D eigenvalue weighted by Crippen LogP contribution is 2.31. The highest BCUT2D eigenvalue weighted by molar-refractivity contribution is 5.92. The van der Waals surface area contributed by atoms with Gasteiger partial charge in [0.25, 0.3) is 5.89 Å². The zero-order valence-electron chi connectivity index (χ0n) is 16.8. The predicted octanol–water partition coefficient (Wildman–Crippen LogP) is 2.47.